The molecule has 0 atom stereocenters. The quantitative estimate of drug-likeness (QED) is 0.865. The van der Waals surface area contributed by atoms with E-state index in [2.05, 4.69) is 21.6 Å². The number of methoxy groups -OCH3 is 1. The van der Waals surface area contributed by atoms with Gasteiger partial charge < -0.3 is 20.3 Å². The minimum atomic E-state index is -0.194. The van der Waals surface area contributed by atoms with E-state index < -0.39 is 0 Å². The van der Waals surface area contributed by atoms with Crippen LogP contribution in [0.2, 0.25) is 0 Å². The van der Waals surface area contributed by atoms with E-state index in [0.717, 1.165) is 35.8 Å². The fourth-order valence-corrected chi connectivity index (χ4v) is 3.08. The molecule has 25 heavy (non-hydrogen) atoms. The highest BCUT2D eigenvalue weighted by Crippen LogP contribution is 2.28. The highest BCUT2D eigenvalue weighted by Gasteiger charge is 2.15. The van der Waals surface area contributed by atoms with Crippen molar-refractivity contribution in [1.29, 1.82) is 0 Å². The molecular weight excluding hydrogens is 314 g/mol. The lowest BCUT2D eigenvalue weighted by Crippen LogP contribution is -2.32. The van der Waals surface area contributed by atoms with Gasteiger partial charge in [0.25, 0.3) is 0 Å². The third-order valence-electron chi connectivity index (χ3n) is 4.46. The molecule has 1 saturated heterocycles. The number of piperidine rings is 1. The second kappa shape index (κ2) is 8.42. The highest BCUT2D eigenvalue weighted by molar-refractivity contribution is 5.93. The molecule has 0 spiro atoms. The molecule has 1 aliphatic heterocycles. The lowest BCUT2D eigenvalue weighted by Gasteiger charge is -2.30. The molecule has 2 amide bonds. The van der Waals surface area contributed by atoms with Gasteiger partial charge in [0.05, 0.1) is 18.5 Å². The number of amides is 2. The number of para-hydroxylation sites is 2. The molecule has 2 N–H and O–H groups in total. The van der Waals surface area contributed by atoms with Crippen molar-refractivity contribution in [2.45, 2.75) is 25.8 Å². The standard InChI is InChI=1S/C20H25N3O2/c1-25-17-11-9-16(10-12-17)15-21-20(24)22-18-7-3-4-8-19(18)23-13-5-2-6-14-23/h3-4,7-12H,2,5-6,13-15H2,1H3,(H2,21,22,24). The average molecular weight is 339 g/mol. The first-order valence-electron chi connectivity index (χ1n) is 8.78. The topological polar surface area (TPSA) is 53.6 Å². The summed E-state index contributed by atoms with van der Waals surface area (Å²) in [7, 11) is 1.64. The van der Waals surface area contributed by atoms with Crippen molar-refractivity contribution < 1.29 is 9.53 Å². The molecule has 0 unspecified atom stereocenters. The Bertz CT molecular complexity index is 694. The first-order valence-corrected chi connectivity index (χ1v) is 8.78. The van der Waals surface area contributed by atoms with Crippen LogP contribution >= 0.6 is 0 Å². The summed E-state index contributed by atoms with van der Waals surface area (Å²) < 4.78 is 5.14. The Kier molecular flexibility index (Phi) is 5.77. The molecule has 1 fully saturated rings. The fraction of sp³-hybridized carbons (Fsp3) is 0.350. The summed E-state index contributed by atoms with van der Waals surface area (Å²) in [6, 6.07) is 15.5. The number of carbonyl (C=O) groups excluding carboxylic acids is 1. The van der Waals surface area contributed by atoms with E-state index >= 15 is 0 Å². The van der Waals surface area contributed by atoms with Crippen LogP contribution in [0.5, 0.6) is 5.75 Å². The molecule has 3 rings (SSSR count). The predicted molar refractivity (Wildman–Crippen MR) is 101 cm³/mol. The molecule has 0 aliphatic carbocycles. The average Bonchev–Trinajstić information content (AvgIpc) is 2.68. The number of urea groups is 1. The van der Waals surface area contributed by atoms with Crippen LogP contribution in [0.15, 0.2) is 48.5 Å². The number of hydrogen-bond acceptors (Lipinski definition) is 3. The normalized spacial score (nSPS) is 14.0. The molecule has 0 bridgehead atoms. The zero-order valence-corrected chi connectivity index (χ0v) is 14.6. The van der Waals surface area contributed by atoms with Crippen LogP contribution in [-0.4, -0.2) is 26.2 Å². The molecule has 5 nitrogen and oxygen atoms in total. The predicted octanol–water partition coefficient (Wildman–Crippen LogP) is 4.01. The minimum Gasteiger partial charge on any atom is -0.497 e. The Morgan fingerprint density at radius 3 is 2.48 bits per heavy atom. The summed E-state index contributed by atoms with van der Waals surface area (Å²) >= 11 is 0. The second-order valence-electron chi connectivity index (χ2n) is 6.22. The zero-order chi connectivity index (χ0) is 17.5. The van der Waals surface area contributed by atoms with Crippen molar-refractivity contribution in [3.8, 4) is 5.75 Å². The van der Waals surface area contributed by atoms with Gasteiger partial charge in [-0.05, 0) is 49.1 Å². The number of nitrogens with one attached hydrogen (secondary N) is 2. The van der Waals surface area contributed by atoms with Crippen LogP contribution in [0.1, 0.15) is 24.8 Å². The van der Waals surface area contributed by atoms with Crippen LogP contribution in [0.3, 0.4) is 0 Å². The summed E-state index contributed by atoms with van der Waals surface area (Å²) in [5.74, 6) is 0.809. The van der Waals surface area contributed by atoms with Gasteiger partial charge in [0.15, 0.2) is 0 Å². The van der Waals surface area contributed by atoms with Gasteiger partial charge in [0.1, 0.15) is 5.75 Å². The highest BCUT2D eigenvalue weighted by atomic mass is 16.5. The lowest BCUT2D eigenvalue weighted by atomic mass is 10.1. The van der Waals surface area contributed by atoms with Crippen molar-refractivity contribution in [2.24, 2.45) is 0 Å². The Morgan fingerprint density at radius 1 is 1.04 bits per heavy atom. The van der Waals surface area contributed by atoms with E-state index in [-0.39, 0.29) is 6.03 Å². The Labute approximate surface area is 149 Å². The van der Waals surface area contributed by atoms with E-state index in [0.29, 0.717) is 6.54 Å². The molecule has 1 heterocycles. The van der Waals surface area contributed by atoms with Crippen molar-refractivity contribution >= 4 is 17.4 Å². The maximum Gasteiger partial charge on any atom is 0.319 e. The van der Waals surface area contributed by atoms with Crippen molar-refractivity contribution in [1.82, 2.24) is 5.32 Å². The van der Waals surface area contributed by atoms with Crippen LogP contribution < -0.4 is 20.3 Å². The molecular formula is C20H25N3O2. The fourth-order valence-electron chi connectivity index (χ4n) is 3.08. The third-order valence-corrected chi connectivity index (χ3v) is 4.46. The number of ether oxygens (including phenoxy) is 1. The Balaban J connectivity index is 1.58. The Morgan fingerprint density at radius 2 is 1.76 bits per heavy atom. The van der Waals surface area contributed by atoms with E-state index in [1.165, 1.54) is 19.3 Å². The summed E-state index contributed by atoms with van der Waals surface area (Å²) in [4.78, 5) is 14.6. The number of benzene rings is 2. The van der Waals surface area contributed by atoms with Gasteiger partial charge in [-0.2, -0.15) is 0 Å². The molecule has 2 aromatic rings. The molecule has 0 radical (unpaired) electrons. The number of rotatable bonds is 5. The zero-order valence-electron chi connectivity index (χ0n) is 14.6. The van der Waals surface area contributed by atoms with Gasteiger partial charge in [-0.25, -0.2) is 4.79 Å². The van der Waals surface area contributed by atoms with Gasteiger partial charge in [-0.3, -0.25) is 0 Å². The van der Waals surface area contributed by atoms with E-state index in [9.17, 15) is 4.79 Å². The number of hydrogen-bond donors (Lipinski definition) is 2. The number of anilines is 2. The lowest BCUT2D eigenvalue weighted by molar-refractivity contribution is 0.251. The van der Waals surface area contributed by atoms with Gasteiger partial charge >= 0.3 is 6.03 Å². The minimum absolute atomic E-state index is 0.194. The molecule has 0 saturated carbocycles. The van der Waals surface area contributed by atoms with Gasteiger partial charge in [-0.15, -0.1) is 0 Å². The van der Waals surface area contributed by atoms with Gasteiger partial charge in [0.2, 0.25) is 0 Å². The van der Waals surface area contributed by atoms with E-state index in [1.54, 1.807) is 7.11 Å². The molecule has 0 aromatic heterocycles. The van der Waals surface area contributed by atoms with Crippen molar-refractivity contribution in [3.05, 3.63) is 54.1 Å². The van der Waals surface area contributed by atoms with Gasteiger partial charge in [0, 0.05) is 19.6 Å². The molecule has 5 heteroatoms. The third kappa shape index (κ3) is 4.66. The summed E-state index contributed by atoms with van der Waals surface area (Å²) in [5, 5.41) is 5.89. The maximum atomic E-state index is 12.3. The van der Waals surface area contributed by atoms with Crippen molar-refractivity contribution in [2.75, 3.05) is 30.4 Å². The SMILES string of the molecule is COc1ccc(CNC(=O)Nc2ccccc2N2CCCCC2)cc1. The first kappa shape index (κ1) is 17.1. The summed E-state index contributed by atoms with van der Waals surface area (Å²) in [6.45, 7) is 2.57. The Hall–Kier alpha value is -2.69. The molecule has 1 aliphatic rings. The van der Waals surface area contributed by atoms with E-state index in [1.807, 2.05) is 42.5 Å². The summed E-state index contributed by atoms with van der Waals surface area (Å²) in [5.41, 5.74) is 2.98. The monoisotopic (exact) mass is 339 g/mol. The van der Waals surface area contributed by atoms with Crippen LogP contribution in [-0.2, 0) is 6.54 Å². The second-order valence-corrected chi connectivity index (χ2v) is 6.22. The van der Waals surface area contributed by atoms with Crippen molar-refractivity contribution in [3.63, 3.8) is 0 Å². The van der Waals surface area contributed by atoms with Crippen LogP contribution in [0, 0.1) is 0 Å². The van der Waals surface area contributed by atoms with Gasteiger partial charge in [-0.1, -0.05) is 24.3 Å². The van der Waals surface area contributed by atoms with E-state index in [4.69, 9.17) is 4.74 Å². The summed E-state index contributed by atoms with van der Waals surface area (Å²) in [6.07, 6.45) is 3.70. The molecule has 2 aromatic carbocycles. The van der Waals surface area contributed by atoms with Crippen LogP contribution in [0.4, 0.5) is 16.2 Å². The van der Waals surface area contributed by atoms with Crippen LogP contribution in [0.25, 0.3) is 0 Å². The number of carbonyl (C=O) groups is 1. The first-order chi connectivity index (χ1) is 12.3. The maximum absolute atomic E-state index is 12.3. The molecule has 132 valence electrons. The number of nitrogens with zero attached hydrogens (tertiary/aromatic N) is 1. The smallest absolute Gasteiger partial charge is 0.319 e. The largest absolute Gasteiger partial charge is 0.497 e.